The molecule has 0 fully saturated rings. The molecule has 0 N–H and O–H groups in total. The Morgan fingerprint density at radius 2 is 2.14 bits per heavy atom. The van der Waals surface area contributed by atoms with E-state index in [1.165, 1.54) is 19.3 Å². The fourth-order valence-electron chi connectivity index (χ4n) is 2.06. The Labute approximate surface area is 133 Å². The van der Waals surface area contributed by atoms with Crippen LogP contribution < -0.4 is 10.2 Å². The number of hydrogen-bond donors (Lipinski definition) is 0. The number of ether oxygens (including phenoxy) is 1. The molecule has 6 heteroatoms. The van der Waals surface area contributed by atoms with Gasteiger partial charge in [0.05, 0.1) is 21.1 Å². The maximum Gasteiger partial charge on any atom is 0.308 e. The molecule has 110 valence electrons. The van der Waals surface area contributed by atoms with Gasteiger partial charge in [-0.3, -0.25) is 14.6 Å². The monoisotopic (exact) mass is 359 g/mol. The summed E-state index contributed by atoms with van der Waals surface area (Å²) in [6, 6.07) is 8.39. The van der Waals surface area contributed by atoms with E-state index < -0.39 is 5.97 Å². The van der Waals surface area contributed by atoms with E-state index in [0.717, 1.165) is 0 Å². The standard InChI is InChI=1S/C16H10BrNO4/c1-9(19)22-15-7-14-10(6-12(15)17)16(20)11(8-21-14)13-4-2-3-5-18-13/h2-8H,1H3. The molecule has 2 aromatic heterocycles. The normalized spacial score (nSPS) is 10.6. The topological polar surface area (TPSA) is 69.4 Å². The summed E-state index contributed by atoms with van der Waals surface area (Å²) in [6.45, 7) is 1.30. The van der Waals surface area contributed by atoms with Gasteiger partial charge in [0.25, 0.3) is 0 Å². The number of halogens is 1. The first-order valence-electron chi connectivity index (χ1n) is 6.41. The van der Waals surface area contributed by atoms with Gasteiger partial charge in [0.2, 0.25) is 5.43 Å². The number of nitrogens with zero attached hydrogens (tertiary/aromatic N) is 1. The smallest absolute Gasteiger partial charge is 0.308 e. The van der Waals surface area contributed by atoms with Crippen molar-refractivity contribution in [2.24, 2.45) is 0 Å². The molecular weight excluding hydrogens is 350 g/mol. The second-order valence-electron chi connectivity index (χ2n) is 4.57. The number of benzene rings is 1. The molecule has 0 saturated heterocycles. The molecule has 0 aliphatic heterocycles. The van der Waals surface area contributed by atoms with Gasteiger partial charge in [0.1, 0.15) is 17.6 Å². The van der Waals surface area contributed by atoms with Gasteiger partial charge in [-0.1, -0.05) is 6.07 Å². The molecular formula is C16H10BrNO4. The molecule has 2 heterocycles. The molecule has 0 radical (unpaired) electrons. The van der Waals surface area contributed by atoms with E-state index in [-0.39, 0.29) is 5.43 Å². The van der Waals surface area contributed by atoms with Crippen molar-refractivity contribution in [3.05, 3.63) is 57.5 Å². The number of pyridine rings is 1. The molecule has 0 aliphatic carbocycles. The molecule has 3 aromatic rings. The number of esters is 1. The van der Waals surface area contributed by atoms with Gasteiger partial charge < -0.3 is 9.15 Å². The van der Waals surface area contributed by atoms with Gasteiger partial charge >= 0.3 is 5.97 Å². The van der Waals surface area contributed by atoms with E-state index in [2.05, 4.69) is 20.9 Å². The predicted octanol–water partition coefficient (Wildman–Crippen LogP) is 3.54. The van der Waals surface area contributed by atoms with Gasteiger partial charge in [0.15, 0.2) is 0 Å². The first-order chi connectivity index (χ1) is 10.6. The summed E-state index contributed by atoms with van der Waals surface area (Å²) in [4.78, 5) is 27.8. The number of rotatable bonds is 2. The highest BCUT2D eigenvalue weighted by Crippen LogP contribution is 2.30. The SMILES string of the molecule is CC(=O)Oc1cc2occ(-c3ccccn3)c(=O)c2cc1Br. The average molecular weight is 360 g/mol. The van der Waals surface area contributed by atoms with Gasteiger partial charge in [0, 0.05) is 19.2 Å². The van der Waals surface area contributed by atoms with Crippen LogP contribution in [0, 0.1) is 0 Å². The molecule has 0 saturated carbocycles. The lowest BCUT2D eigenvalue weighted by Crippen LogP contribution is -2.07. The maximum absolute atomic E-state index is 12.6. The average Bonchev–Trinajstić information content (AvgIpc) is 2.50. The van der Waals surface area contributed by atoms with Crippen LogP contribution in [0.15, 0.2) is 56.5 Å². The molecule has 3 rings (SSSR count). The second-order valence-corrected chi connectivity index (χ2v) is 5.42. The molecule has 0 bridgehead atoms. The van der Waals surface area contributed by atoms with E-state index in [0.29, 0.717) is 32.4 Å². The number of aromatic nitrogens is 1. The third-order valence-corrected chi connectivity index (χ3v) is 3.64. The molecule has 0 atom stereocenters. The molecule has 22 heavy (non-hydrogen) atoms. The van der Waals surface area contributed by atoms with Crippen LogP contribution in [0.1, 0.15) is 6.92 Å². The summed E-state index contributed by atoms with van der Waals surface area (Å²) in [7, 11) is 0. The minimum Gasteiger partial charge on any atom is -0.463 e. The van der Waals surface area contributed by atoms with E-state index in [9.17, 15) is 9.59 Å². The Bertz CT molecular complexity index is 919. The van der Waals surface area contributed by atoms with E-state index >= 15 is 0 Å². The quantitative estimate of drug-likeness (QED) is 0.517. The van der Waals surface area contributed by atoms with Crippen LogP contribution in [0.2, 0.25) is 0 Å². The Balaban J connectivity index is 2.20. The molecule has 5 nitrogen and oxygen atoms in total. The number of fused-ring (bicyclic) bond motifs is 1. The lowest BCUT2D eigenvalue weighted by Gasteiger charge is -2.06. The van der Waals surface area contributed by atoms with Crippen LogP contribution in [-0.2, 0) is 4.79 Å². The Kier molecular flexibility index (Phi) is 3.77. The van der Waals surface area contributed by atoms with E-state index in [1.807, 2.05) is 0 Å². The molecule has 0 aliphatic rings. The van der Waals surface area contributed by atoms with E-state index in [4.69, 9.17) is 9.15 Å². The van der Waals surface area contributed by atoms with Crippen molar-refractivity contribution in [2.45, 2.75) is 6.92 Å². The minimum absolute atomic E-state index is 0.199. The summed E-state index contributed by atoms with van der Waals surface area (Å²) in [5.41, 5.74) is 1.05. The van der Waals surface area contributed by atoms with Crippen LogP contribution >= 0.6 is 15.9 Å². The Morgan fingerprint density at radius 1 is 1.32 bits per heavy atom. The van der Waals surface area contributed by atoms with Crippen molar-refractivity contribution in [2.75, 3.05) is 0 Å². The fourth-order valence-corrected chi connectivity index (χ4v) is 2.49. The number of carbonyl (C=O) groups is 1. The second kappa shape index (κ2) is 5.73. The fraction of sp³-hybridized carbons (Fsp3) is 0.0625. The number of carbonyl (C=O) groups excluding carboxylic acids is 1. The predicted molar refractivity (Wildman–Crippen MR) is 84.7 cm³/mol. The first-order valence-corrected chi connectivity index (χ1v) is 7.20. The highest BCUT2D eigenvalue weighted by atomic mass is 79.9. The first kappa shape index (κ1) is 14.5. The van der Waals surface area contributed by atoms with Gasteiger partial charge in [-0.25, -0.2) is 0 Å². The molecule has 0 amide bonds. The minimum atomic E-state index is -0.451. The third kappa shape index (κ3) is 2.65. The van der Waals surface area contributed by atoms with Gasteiger partial charge in [-0.2, -0.15) is 0 Å². The van der Waals surface area contributed by atoms with Crippen molar-refractivity contribution >= 4 is 32.9 Å². The zero-order chi connectivity index (χ0) is 15.7. The highest BCUT2D eigenvalue weighted by molar-refractivity contribution is 9.10. The van der Waals surface area contributed by atoms with Crippen LogP contribution in [-0.4, -0.2) is 11.0 Å². The summed E-state index contributed by atoms with van der Waals surface area (Å²) < 4.78 is 11.1. The zero-order valence-electron chi connectivity index (χ0n) is 11.5. The van der Waals surface area contributed by atoms with Crippen LogP contribution in [0.25, 0.3) is 22.2 Å². The Morgan fingerprint density at radius 3 is 2.82 bits per heavy atom. The summed E-state index contributed by atoms with van der Waals surface area (Å²) in [5.74, 6) is -0.152. The highest BCUT2D eigenvalue weighted by Gasteiger charge is 2.14. The Hall–Kier alpha value is -2.47. The van der Waals surface area contributed by atoms with E-state index in [1.54, 1.807) is 30.5 Å². The van der Waals surface area contributed by atoms with Crippen molar-refractivity contribution in [1.29, 1.82) is 0 Å². The van der Waals surface area contributed by atoms with Crippen molar-refractivity contribution < 1.29 is 13.9 Å². The van der Waals surface area contributed by atoms with Crippen molar-refractivity contribution in [1.82, 2.24) is 4.98 Å². The van der Waals surface area contributed by atoms with Crippen LogP contribution in [0.4, 0.5) is 0 Å². The lowest BCUT2D eigenvalue weighted by molar-refractivity contribution is -0.131. The summed E-state index contributed by atoms with van der Waals surface area (Å²) in [6.07, 6.45) is 2.97. The van der Waals surface area contributed by atoms with Gasteiger partial charge in [-0.15, -0.1) is 0 Å². The largest absolute Gasteiger partial charge is 0.463 e. The third-order valence-electron chi connectivity index (χ3n) is 3.02. The number of hydrogen-bond acceptors (Lipinski definition) is 5. The molecule has 0 spiro atoms. The van der Waals surface area contributed by atoms with Crippen LogP contribution in [0.5, 0.6) is 5.75 Å². The van der Waals surface area contributed by atoms with Gasteiger partial charge in [-0.05, 0) is 34.1 Å². The zero-order valence-corrected chi connectivity index (χ0v) is 13.1. The van der Waals surface area contributed by atoms with Crippen LogP contribution in [0.3, 0.4) is 0 Å². The summed E-state index contributed by atoms with van der Waals surface area (Å²) in [5, 5.41) is 0.380. The lowest BCUT2D eigenvalue weighted by atomic mass is 10.1. The van der Waals surface area contributed by atoms with Crippen molar-refractivity contribution in [3.63, 3.8) is 0 Å². The molecule has 0 unspecified atom stereocenters. The maximum atomic E-state index is 12.6. The molecule has 1 aromatic carbocycles. The summed E-state index contributed by atoms with van der Waals surface area (Å²) >= 11 is 3.29. The van der Waals surface area contributed by atoms with Crippen molar-refractivity contribution in [3.8, 4) is 17.0 Å².